The third kappa shape index (κ3) is 4.73. The number of hydrogen-bond donors (Lipinski definition) is 2. The molecule has 2 aromatic rings. The van der Waals surface area contributed by atoms with Gasteiger partial charge in [0, 0.05) is 12.1 Å². The van der Waals surface area contributed by atoms with Crippen molar-refractivity contribution >= 4 is 23.5 Å². The smallest absolute Gasteiger partial charge is 0.323 e. The lowest BCUT2D eigenvalue weighted by atomic mass is 10.1. The van der Waals surface area contributed by atoms with E-state index in [1.807, 2.05) is 42.5 Å². The maximum absolute atomic E-state index is 12.9. The van der Waals surface area contributed by atoms with E-state index in [0.717, 1.165) is 11.1 Å². The number of benzene rings is 2. The summed E-state index contributed by atoms with van der Waals surface area (Å²) in [7, 11) is 0. The fraction of sp³-hybridized carbons (Fsp3) is 0.286. The summed E-state index contributed by atoms with van der Waals surface area (Å²) >= 11 is 0. The quantitative estimate of drug-likeness (QED) is 0.820. The third-order valence-corrected chi connectivity index (χ3v) is 4.66. The molecule has 27 heavy (non-hydrogen) atoms. The zero-order chi connectivity index (χ0) is 19.2. The molecule has 2 N–H and O–H groups in total. The molecule has 6 nitrogen and oxygen atoms in total. The van der Waals surface area contributed by atoms with Crippen LogP contribution >= 0.6 is 0 Å². The van der Waals surface area contributed by atoms with Crippen LogP contribution in [0.15, 0.2) is 54.6 Å². The zero-order valence-corrected chi connectivity index (χ0v) is 14.9. The van der Waals surface area contributed by atoms with Gasteiger partial charge in [0.25, 0.3) is 0 Å². The van der Waals surface area contributed by atoms with Crippen molar-refractivity contribution in [2.24, 2.45) is 0 Å². The van der Waals surface area contributed by atoms with E-state index in [1.165, 1.54) is 4.90 Å². The van der Waals surface area contributed by atoms with E-state index in [4.69, 9.17) is 0 Å². The number of nitrogens with zero attached hydrogens (tertiary/aromatic N) is 1. The number of carboxylic acid groups (broad SMARTS) is 1. The number of aliphatic carboxylic acids is 1. The number of nitrogens with one attached hydrogen (secondary N) is 1. The Hall–Kier alpha value is -3.15. The second kappa shape index (κ2) is 8.49. The predicted molar refractivity (Wildman–Crippen MR) is 101 cm³/mol. The van der Waals surface area contributed by atoms with Gasteiger partial charge in [0.15, 0.2) is 0 Å². The summed E-state index contributed by atoms with van der Waals surface area (Å²) in [6.45, 7) is -0.424. The van der Waals surface area contributed by atoms with Crippen LogP contribution < -0.4 is 10.2 Å². The van der Waals surface area contributed by atoms with E-state index in [9.17, 15) is 19.5 Å². The first-order valence-corrected chi connectivity index (χ1v) is 8.99. The number of hydrogen-bond acceptors (Lipinski definition) is 3. The minimum absolute atomic E-state index is 0.210. The van der Waals surface area contributed by atoms with E-state index in [2.05, 4.69) is 5.32 Å². The van der Waals surface area contributed by atoms with Gasteiger partial charge in [0.1, 0.15) is 12.6 Å². The number of carbonyl (C=O) groups is 3. The monoisotopic (exact) mass is 366 g/mol. The van der Waals surface area contributed by atoms with Crippen LogP contribution in [0.5, 0.6) is 0 Å². The van der Waals surface area contributed by atoms with Crippen LogP contribution in [0, 0.1) is 0 Å². The van der Waals surface area contributed by atoms with Crippen molar-refractivity contribution in [2.75, 3.05) is 11.4 Å². The molecule has 2 amide bonds. The number of anilines is 1. The molecular formula is C21H22N2O4. The molecule has 1 heterocycles. The molecule has 0 spiro atoms. The fourth-order valence-corrected chi connectivity index (χ4v) is 3.32. The van der Waals surface area contributed by atoms with Crippen LogP contribution in [0.4, 0.5) is 5.69 Å². The van der Waals surface area contributed by atoms with Crippen LogP contribution in [0.1, 0.15) is 24.0 Å². The van der Waals surface area contributed by atoms with Gasteiger partial charge in [-0.25, -0.2) is 0 Å². The second-order valence-corrected chi connectivity index (χ2v) is 6.59. The molecule has 0 fully saturated rings. The lowest BCUT2D eigenvalue weighted by molar-refractivity contribution is -0.137. The minimum Gasteiger partial charge on any atom is -0.480 e. The van der Waals surface area contributed by atoms with Gasteiger partial charge in [-0.05, 0) is 36.5 Å². The molecule has 2 aromatic carbocycles. The largest absolute Gasteiger partial charge is 0.480 e. The molecular weight excluding hydrogens is 344 g/mol. The molecule has 0 saturated carbocycles. The highest BCUT2D eigenvalue weighted by Gasteiger charge is 2.32. The maximum Gasteiger partial charge on any atom is 0.323 e. The first kappa shape index (κ1) is 18.6. The zero-order valence-electron chi connectivity index (χ0n) is 14.9. The van der Waals surface area contributed by atoms with Crippen molar-refractivity contribution in [2.45, 2.75) is 31.7 Å². The Labute approximate surface area is 157 Å². The summed E-state index contributed by atoms with van der Waals surface area (Å²) in [6.07, 6.45) is 1.91. The van der Waals surface area contributed by atoms with Gasteiger partial charge in [-0.2, -0.15) is 0 Å². The Morgan fingerprint density at radius 1 is 1.07 bits per heavy atom. The summed E-state index contributed by atoms with van der Waals surface area (Å²) in [5.41, 5.74) is 2.57. The van der Waals surface area contributed by atoms with Gasteiger partial charge >= 0.3 is 5.97 Å². The van der Waals surface area contributed by atoms with Gasteiger partial charge in [0.2, 0.25) is 11.8 Å². The number of carboxylic acids is 1. The number of carbonyl (C=O) groups excluding carboxylic acids is 2. The molecule has 0 unspecified atom stereocenters. The molecule has 1 aliphatic rings. The first-order valence-electron chi connectivity index (χ1n) is 8.99. The van der Waals surface area contributed by atoms with Crippen molar-refractivity contribution in [1.29, 1.82) is 0 Å². The topological polar surface area (TPSA) is 86.7 Å². The Bertz CT molecular complexity index is 835. The van der Waals surface area contributed by atoms with E-state index in [-0.39, 0.29) is 18.2 Å². The number of aryl methyl sites for hydroxylation is 2. The standard InChI is InChI=1S/C21H22N2O4/c24-19(13-10-15-6-2-1-3-7-15)22-17-12-11-16-8-4-5-9-18(16)23(21(17)27)14-20(25)26/h1-9,17H,10-14H2,(H,22,24)(H,25,26)/t17-/m0/s1. The number of para-hydroxylation sites is 1. The fourth-order valence-electron chi connectivity index (χ4n) is 3.32. The molecule has 0 bridgehead atoms. The van der Waals surface area contributed by atoms with E-state index in [0.29, 0.717) is 24.9 Å². The van der Waals surface area contributed by atoms with Gasteiger partial charge in [-0.1, -0.05) is 48.5 Å². The van der Waals surface area contributed by atoms with E-state index < -0.39 is 18.6 Å². The number of rotatable bonds is 6. The molecule has 140 valence electrons. The summed E-state index contributed by atoms with van der Waals surface area (Å²) < 4.78 is 0. The molecule has 0 radical (unpaired) electrons. The van der Waals surface area contributed by atoms with Crippen molar-refractivity contribution in [3.05, 3.63) is 65.7 Å². The van der Waals surface area contributed by atoms with Gasteiger partial charge in [-0.3, -0.25) is 19.3 Å². The summed E-state index contributed by atoms with van der Waals surface area (Å²) in [4.78, 5) is 37.7. The molecule has 1 aliphatic heterocycles. The van der Waals surface area contributed by atoms with Crippen LogP contribution in [0.25, 0.3) is 0 Å². The molecule has 0 saturated heterocycles. The molecule has 0 aromatic heterocycles. The molecule has 3 rings (SSSR count). The van der Waals surface area contributed by atoms with Crippen LogP contribution in [-0.4, -0.2) is 35.5 Å². The van der Waals surface area contributed by atoms with Gasteiger partial charge in [0.05, 0.1) is 0 Å². The molecule has 6 heteroatoms. The normalized spacial score (nSPS) is 16.4. The predicted octanol–water partition coefficient (Wildman–Crippen LogP) is 2.17. The second-order valence-electron chi connectivity index (χ2n) is 6.59. The Morgan fingerprint density at radius 2 is 1.78 bits per heavy atom. The highest BCUT2D eigenvalue weighted by molar-refractivity contribution is 6.03. The van der Waals surface area contributed by atoms with Crippen LogP contribution in [-0.2, 0) is 27.2 Å². The van der Waals surface area contributed by atoms with E-state index in [1.54, 1.807) is 12.1 Å². The Balaban J connectivity index is 1.69. The molecule has 0 aliphatic carbocycles. The van der Waals surface area contributed by atoms with E-state index >= 15 is 0 Å². The number of fused-ring (bicyclic) bond motifs is 1. The van der Waals surface area contributed by atoms with Crippen molar-refractivity contribution < 1.29 is 19.5 Å². The highest BCUT2D eigenvalue weighted by atomic mass is 16.4. The minimum atomic E-state index is -1.09. The first-order chi connectivity index (χ1) is 13.0. The van der Waals surface area contributed by atoms with Crippen LogP contribution in [0.2, 0.25) is 0 Å². The summed E-state index contributed by atoms with van der Waals surface area (Å²) in [5, 5.41) is 12.0. The van der Waals surface area contributed by atoms with Crippen molar-refractivity contribution in [1.82, 2.24) is 5.32 Å². The third-order valence-electron chi connectivity index (χ3n) is 4.66. The SMILES string of the molecule is O=C(O)CN1C(=O)[C@@H](NC(=O)CCc2ccccc2)CCc2ccccc21. The van der Waals surface area contributed by atoms with Gasteiger partial charge in [-0.15, -0.1) is 0 Å². The average molecular weight is 366 g/mol. The number of amides is 2. The Kier molecular flexibility index (Phi) is 5.86. The lowest BCUT2D eigenvalue weighted by Crippen LogP contribution is -2.49. The highest BCUT2D eigenvalue weighted by Crippen LogP contribution is 2.26. The summed E-state index contributed by atoms with van der Waals surface area (Å²) in [5.74, 6) is -1.68. The van der Waals surface area contributed by atoms with Crippen molar-refractivity contribution in [3.63, 3.8) is 0 Å². The Morgan fingerprint density at radius 3 is 2.52 bits per heavy atom. The van der Waals surface area contributed by atoms with Gasteiger partial charge < -0.3 is 10.4 Å². The molecule has 1 atom stereocenters. The van der Waals surface area contributed by atoms with Crippen molar-refractivity contribution in [3.8, 4) is 0 Å². The van der Waals surface area contributed by atoms with Crippen LogP contribution in [0.3, 0.4) is 0 Å². The maximum atomic E-state index is 12.9. The lowest BCUT2D eigenvalue weighted by Gasteiger charge is -2.24. The summed E-state index contributed by atoms with van der Waals surface area (Å²) in [6, 6.07) is 16.2. The average Bonchev–Trinajstić information content (AvgIpc) is 2.79.